The summed E-state index contributed by atoms with van der Waals surface area (Å²) in [6, 6.07) is 13.5. The minimum Gasteiger partial charge on any atom is -0.497 e. The van der Waals surface area contributed by atoms with Crippen molar-refractivity contribution in [1.29, 1.82) is 0 Å². The molecule has 1 saturated heterocycles. The number of pyridine rings is 1. The lowest BCUT2D eigenvalue weighted by Crippen LogP contribution is -2.42. The van der Waals surface area contributed by atoms with Gasteiger partial charge in [-0.15, -0.1) is 5.10 Å². The predicted molar refractivity (Wildman–Crippen MR) is 128 cm³/mol. The van der Waals surface area contributed by atoms with Gasteiger partial charge in [0.1, 0.15) is 11.8 Å². The molecule has 3 heterocycles. The summed E-state index contributed by atoms with van der Waals surface area (Å²) in [6.45, 7) is 7.12. The second-order valence-corrected chi connectivity index (χ2v) is 8.62. The van der Waals surface area contributed by atoms with Crippen LogP contribution in [-0.2, 0) is 11.3 Å². The monoisotopic (exact) mass is 460 g/mol. The Morgan fingerprint density at radius 1 is 1.12 bits per heavy atom. The number of aromatic nitrogens is 5. The highest BCUT2D eigenvalue weighted by molar-refractivity contribution is 5.83. The van der Waals surface area contributed by atoms with E-state index in [1.165, 1.54) is 0 Å². The first-order chi connectivity index (χ1) is 16.5. The van der Waals surface area contributed by atoms with Crippen LogP contribution in [0.5, 0.6) is 5.75 Å². The Labute approximate surface area is 197 Å². The van der Waals surface area contributed by atoms with Gasteiger partial charge in [-0.2, -0.15) is 0 Å². The normalized spacial score (nSPS) is 15.5. The first kappa shape index (κ1) is 22.2. The van der Waals surface area contributed by atoms with Crippen LogP contribution in [0.1, 0.15) is 34.1 Å². The highest BCUT2D eigenvalue weighted by Gasteiger charge is 2.31. The van der Waals surface area contributed by atoms with E-state index in [0.29, 0.717) is 44.2 Å². The summed E-state index contributed by atoms with van der Waals surface area (Å²) in [5, 5.41) is 13.6. The molecule has 1 atom stereocenters. The Morgan fingerprint density at radius 3 is 2.62 bits per heavy atom. The molecule has 0 amide bonds. The number of ether oxygens (including phenoxy) is 2. The molecule has 4 aromatic rings. The van der Waals surface area contributed by atoms with E-state index in [4.69, 9.17) is 9.47 Å². The number of hydrogen-bond acceptors (Lipinski definition) is 7. The molecule has 5 rings (SSSR count). The van der Waals surface area contributed by atoms with Crippen molar-refractivity contribution in [1.82, 2.24) is 30.1 Å². The van der Waals surface area contributed by atoms with Gasteiger partial charge in [0, 0.05) is 18.7 Å². The summed E-state index contributed by atoms with van der Waals surface area (Å²) in [6.07, 6.45) is 0. The zero-order valence-corrected chi connectivity index (χ0v) is 19.6. The molecule has 0 unspecified atom stereocenters. The Morgan fingerprint density at radius 2 is 1.88 bits per heavy atom. The number of aryl methyl sites for hydroxylation is 2. The molecule has 1 aliphatic rings. The molecular formula is C25H28N6O3. The fourth-order valence-corrected chi connectivity index (χ4v) is 4.50. The van der Waals surface area contributed by atoms with Crippen LogP contribution >= 0.6 is 0 Å². The largest absolute Gasteiger partial charge is 0.497 e. The summed E-state index contributed by atoms with van der Waals surface area (Å²) in [5.41, 5.74) is 4.62. The summed E-state index contributed by atoms with van der Waals surface area (Å²) < 4.78 is 12.6. The summed E-state index contributed by atoms with van der Waals surface area (Å²) >= 11 is 0. The number of fused-ring (bicyclic) bond motifs is 1. The second kappa shape index (κ2) is 9.36. The van der Waals surface area contributed by atoms with Crippen molar-refractivity contribution >= 4 is 10.9 Å². The SMILES string of the molecule is COc1ccc(Cn2nnnc2[C@@H](c2cc3ccc(C)c(C)c3[nH]c2=O)N2CCOCC2)cc1. The van der Waals surface area contributed by atoms with Crippen molar-refractivity contribution in [2.75, 3.05) is 33.4 Å². The van der Waals surface area contributed by atoms with Crippen molar-refractivity contribution in [2.45, 2.75) is 26.4 Å². The van der Waals surface area contributed by atoms with E-state index in [-0.39, 0.29) is 5.56 Å². The van der Waals surface area contributed by atoms with Crippen molar-refractivity contribution in [2.24, 2.45) is 0 Å². The second-order valence-electron chi connectivity index (χ2n) is 8.62. The number of benzene rings is 2. The molecule has 0 spiro atoms. The molecule has 0 bridgehead atoms. The van der Waals surface area contributed by atoms with Crippen LogP contribution in [0.3, 0.4) is 0 Å². The van der Waals surface area contributed by atoms with Gasteiger partial charge >= 0.3 is 0 Å². The molecule has 0 radical (unpaired) electrons. The Kier molecular flexibility index (Phi) is 6.12. The van der Waals surface area contributed by atoms with Gasteiger partial charge < -0.3 is 14.5 Å². The Bertz CT molecular complexity index is 1360. The maximum atomic E-state index is 13.4. The van der Waals surface area contributed by atoms with Crippen LogP contribution < -0.4 is 10.3 Å². The zero-order valence-electron chi connectivity index (χ0n) is 19.6. The lowest BCUT2D eigenvalue weighted by atomic mass is 10.00. The third kappa shape index (κ3) is 4.20. The third-order valence-corrected chi connectivity index (χ3v) is 6.58. The number of methoxy groups -OCH3 is 1. The van der Waals surface area contributed by atoms with Gasteiger partial charge in [0.25, 0.3) is 5.56 Å². The number of morpholine rings is 1. The first-order valence-electron chi connectivity index (χ1n) is 11.4. The molecule has 1 fully saturated rings. The van der Waals surface area contributed by atoms with E-state index >= 15 is 0 Å². The fraction of sp³-hybridized carbons (Fsp3) is 0.360. The van der Waals surface area contributed by atoms with Crippen molar-refractivity contribution in [3.05, 3.63) is 80.9 Å². The van der Waals surface area contributed by atoms with Gasteiger partial charge in [0.15, 0.2) is 5.82 Å². The highest BCUT2D eigenvalue weighted by Crippen LogP contribution is 2.29. The number of rotatable bonds is 6. The van der Waals surface area contributed by atoms with Gasteiger partial charge in [-0.1, -0.05) is 24.3 Å². The van der Waals surface area contributed by atoms with Crippen molar-refractivity contribution in [3.63, 3.8) is 0 Å². The summed E-state index contributed by atoms with van der Waals surface area (Å²) in [5.74, 6) is 1.42. The van der Waals surface area contributed by atoms with E-state index in [1.54, 1.807) is 11.8 Å². The summed E-state index contributed by atoms with van der Waals surface area (Å²) in [7, 11) is 1.64. The number of hydrogen-bond donors (Lipinski definition) is 1. The van der Waals surface area contributed by atoms with E-state index in [0.717, 1.165) is 33.3 Å². The number of tetrazole rings is 1. The Balaban J connectivity index is 1.59. The van der Waals surface area contributed by atoms with Crippen LogP contribution in [0.4, 0.5) is 0 Å². The standard InChI is InChI=1S/C25H28N6O3/c1-16-4-7-19-14-21(25(32)26-22(19)17(16)2)23(30-10-12-34-13-11-30)24-27-28-29-31(24)15-18-5-8-20(33-3)9-6-18/h4-9,14,23H,10-13,15H2,1-3H3,(H,26,32)/t23-/m1/s1. The van der Waals surface area contributed by atoms with E-state index < -0.39 is 6.04 Å². The quantitative estimate of drug-likeness (QED) is 0.472. The van der Waals surface area contributed by atoms with Crippen molar-refractivity contribution < 1.29 is 9.47 Å². The average molecular weight is 461 g/mol. The number of aromatic amines is 1. The van der Waals surface area contributed by atoms with Gasteiger partial charge in [0.2, 0.25) is 0 Å². The van der Waals surface area contributed by atoms with Gasteiger partial charge in [-0.05, 0) is 64.5 Å². The molecular weight excluding hydrogens is 432 g/mol. The molecule has 0 saturated carbocycles. The molecule has 34 heavy (non-hydrogen) atoms. The predicted octanol–water partition coefficient (Wildman–Crippen LogP) is 2.61. The number of nitrogens with one attached hydrogen (secondary N) is 1. The minimum atomic E-state index is -0.396. The highest BCUT2D eigenvalue weighted by atomic mass is 16.5. The lowest BCUT2D eigenvalue weighted by molar-refractivity contribution is 0.0214. The average Bonchev–Trinajstić information content (AvgIpc) is 3.31. The molecule has 9 nitrogen and oxygen atoms in total. The van der Waals surface area contributed by atoms with Gasteiger partial charge in [-0.25, -0.2) is 4.68 Å². The fourth-order valence-electron chi connectivity index (χ4n) is 4.50. The molecule has 1 aliphatic heterocycles. The molecule has 0 aliphatic carbocycles. The Hall–Kier alpha value is -3.56. The van der Waals surface area contributed by atoms with Crippen LogP contribution in [0.2, 0.25) is 0 Å². The molecule has 176 valence electrons. The maximum Gasteiger partial charge on any atom is 0.253 e. The van der Waals surface area contributed by atoms with Crippen LogP contribution in [-0.4, -0.2) is 63.5 Å². The smallest absolute Gasteiger partial charge is 0.253 e. The number of nitrogens with zero attached hydrogens (tertiary/aromatic N) is 5. The van der Waals surface area contributed by atoms with Gasteiger partial charge in [-0.3, -0.25) is 9.69 Å². The molecule has 9 heteroatoms. The van der Waals surface area contributed by atoms with E-state index in [9.17, 15) is 4.79 Å². The topological polar surface area (TPSA) is 98.2 Å². The maximum absolute atomic E-state index is 13.4. The molecule has 2 aromatic carbocycles. The van der Waals surface area contributed by atoms with Gasteiger partial charge in [0.05, 0.1) is 32.4 Å². The third-order valence-electron chi connectivity index (χ3n) is 6.58. The van der Waals surface area contributed by atoms with Crippen molar-refractivity contribution in [3.8, 4) is 5.75 Å². The molecule has 2 aromatic heterocycles. The van der Waals surface area contributed by atoms with Crippen LogP contribution in [0, 0.1) is 13.8 Å². The lowest BCUT2D eigenvalue weighted by Gasteiger charge is -2.33. The van der Waals surface area contributed by atoms with E-state index in [2.05, 4.69) is 31.5 Å². The minimum absolute atomic E-state index is 0.128. The van der Waals surface area contributed by atoms with E-state index in [1.807, 2.05) is 50.2 Å². The zero-order chi connectivity index (χ0) is 23.7. The number of H-pyrrole nitrogens is 1. The van der Waals surface area contributed by atoms with Crippen LogP contribution in [0.15, 0.2) is 47.3 Å². The van der Waals surface area contributed by atoms with Crippen LogP contribution in [0.25, 0.3) is 10.9 Å². The molecule has 1 N–H and O–H groups in total. The first-order valence-corrected chi connectivity index (χ1v) is 11.4. The summed E-state index contributed by atoms with van der Waals surface area (Å²) in [4.78, 5) is 18.8.